The van der Waals surface area contributed by atoms with E-state index in [1.807, 2.05) is 0 Å². The average molecular weight is 593 g/mol. The Kier molecular flexibility index (Phi) is 8.79. The lowest BCUT2D eigenvalue weighted by Crippen LogP contribution is -2.49. The summed E-state index contributed by atoms with van der Waals surface area (Å²) in [6.45, 7) is 5.39. The van der Waals surface area contributed by atoms with Crippen LogP contribution >= 0.6 is 0 Å². The Balaban J connectivity index is 1.78. The van der Waals surface area contributed by atoms with Crippen LogP contribution in [0.2, 0.25) is 0 Å². The Bertz CT molecular complexity index is 1620. The number of aliphatic hydroxyl groups is 3. The maximum Gasteiger partial charge on any atom is 0.277 e. The normalized spacial score (nSPS) is 11.7. The maximum atomic E-state index is 15.0. The number of hydrogen-bond acceptors (Lipinski definition) is 13. The fraction of sp³-hybridized carbons (Fsp3) is 0.308. The zero-order valence-electron chi connectivity index (χ0n) is 23.9. The summed E-state index contributed by atoms with van der Waals surface area (Å²) >= 11 is 0. The van der Waals surface area contributed by atoms with Crippen molar-refractivity contribution in [2.75, 3.05) is 24.4 Å². The molecule has 0 saturated heterocycles. The predicted molar refractivity (Wildman–Crippen MR) is 153 cm³/mol. The number of nitrogens with one attached hydrogen (secondary N) is 3. The summed E-state index contributed by atoms with van der Waals surface area (Å²) in [6.07, 6.45) is 0. The second kappa shape index (κ2) is 12.2. The van der Waals surface area contributed by atoms with E-state index in [1.54, 1.807) is 51.3 Å². The molecule has 3 heterocycles. The van der Waals surface area contributed by atoms with Crippen molar-refractivity contribution in [3.8, 4) is 22.9 Å². The summed E-state index contributed by atoms with van der Waals surface area (Å²) in [5, 5.41) is 57.2. The third-order valence-corrected chi connectivity index (χ3v) is 5.80. The molecule has 15 nitrogen and oxygen atoms in total. The second-order valence-electron chi connectivity index (χ2n) is 9.74. The number of aryl methyl sites for hydroxylation is 1. The first-order valence-corrected chi connectivity index (χ1v) is 12.8. The minimum atomic E-state index is -3.06. The van der Waals surface area contributed by atoms with Gasteiger partial charge in [0.2, 0.25) is 5.88 Å². The summed E-state index contributed by atoms with van der Waals surface area (Å²) < 4.78 is 27.4. The molecule has 0 spiro atoms. The number of methoxy groups -OCH3 is 1. The quantitative estimate of drug-likeness (QED) is 0.108. The van der Waals surface area contributed by atoms with Crippen LogP contribution in [0.15, 0.2) is 36.4 Å². The number of carbonyl (C=O) groups excluding carboxylic acids is 1. The molecule has 1 aromatic carbocycles. The summed E-state index contributed by atoms with van der Waals surface area (Å²) in [4.78, 5) is 12.8. The number of rotatable bonds is 11. The number of anilines is 4. The fourth-order valence-corrected chi connectivity index (χ4v) is 4.10. The van der Waals surface area contributed by atoms with Gasteiger partial charge in [-0.15, -0.1) is 20.4 Å². The number of carbonyl (C=O) groups is 1. The first-order valence-electron chi connectivity index (χ1n) is 12.8. The van der Waals surface area contributed by atoms with E-state index in [0.29, 0.717) is 23.9 Å². The van der Waals surface area contributed by atoms with Crippen LogP contribution in [0.1, 0.15) is 37.0 Å². The van der Waals surface area contributed by atoms with Crippen LogP contribution in [-0.2, 0) is 12.6 Å². The van der Waals surface area contributed by atoms with Crippen molar-refractivity contribution in [2.45, 2.75) is 32.2 Å². The molecule has 17 heteroatoms. The Morgan fingerprint density at radius 3 is 2.33 bits per heavy atom. The molecule has 224 valence electrons. The van der Waals surface area contributed by atoms with Gasteiger partial charge in [0.25, 0.3) is 5.91 Å². The number of aromatic nitrogens is 6. The minimum absolute atomic E-state index is 0.0498. The molecule has 0 aliphatic rings. The monoisotopic (exact) mass is 593 g/mol. The van der Waals surface area contributed by atoms with E-state index in [1.165, 1.54) is 23.9 Å². The smallest absolute Gasteiger partial charge is 0.277 e. The third-order valence-electron chi connectivity index (χ3n) is 5.80. The minimum Gasteiger partial charge on any atom is -0.494 e. The maximum absolute atomic E-state index is 15.0. The number of amides is 1. The van der Waals surface area contributed by atoms with Crippen molar-refractivity contribution in [1.82, 2.24) is 35.5 Å². The van der Waals surface area contributed by atoms with Gasteiger partial charge in [-0.1, -0.05) is 0 Å². The van der Waals surface area contributed by atoms with Crippen molar-refractivity contribution in [3.63, 3.8) is 0 Å². The van der Waals surface area contributed by atoms with Crippen molar-refractivity contribution < 1.29 is 34.0 Å². The first kappa shape index (κ1) is 31.1. The van der Waals surface area contributed by atoms with Crippen LogP contribution < -0.4 is 25.4 Å². The predicted octanol–water partition coefficient (Wildman–Crippen LogP) is 1.42. The highest BCUT2D eigenvalue weighted by Gasteiger charge is 2.26. The molecule has 0 saturated carbocycles. The van der Waals surface area contributed by atoms with Gasteiger partial charge in [-0.2, -0.15) is 5.10 Å². The van der Waals surface area contributed by atoms with E-state index in [4.69, 9.17) is 17.3 Å². The second-order valence-corrected chi connectivity index (χ2v) is 9.74. The summed E-state index contributed by atoms with van der Waals surface area (Å²) in [5.41, 5.74) is -0.682. The van der Waals surface area contributed by atoms with Gasteiger partial charge >= 0.3 is 0 Å². The molecular formula is C26H29BFN9O6. The number of benzene rings is 1. The van der Waals surface area contributed by atoms with Gasteiger partial charge < -0.3 is 40.7 Å². The van der Waals surface area contributed by atoms with Crippen LogP contribution in [0, 0.1) is 5.82 Å². The van der Waals surface area contributed by atoms with E-state index >= 15 is 4.39 Å². The zero-order valence-corrected chi connectivity index (χ0v) is 23.9. The summed E-state index contributed by atoms with van der Waals surface area (Å²) in [5.74, 6) is -4.08. The highest BCUT2D eigenvalue weighted by atomic mass is 19.1. The Morgan fingerprint density at radius 1 is 1.02 bits per heavy atom. The number of hydrogen-bond donors (Lipinski definition) is 6. The first-order chi connectivity index (χ1) is 20.2. The van der Waals surface area contributed by atoms with Gasteiger partial charge in [0.15, 0.2) is 36.7 Å². The standard InChI is InChI=1S/C26H29BFN9O6/c1-6-43-21-8-7-19(32-34-21)30-20-12-16(22(35-33-20)24(38)31-26(27,40)41)29-17-10-13(28)9-14(23(17)42-5)15-11-18(25(2,3)39)37(4)36-15/h7-12,39-41H,6H2,1-5H3,(H,31,38)(H2,29,30,32,33). The van der Waals surface area contributed by atoms with Gasteiger partial charge in [-0.25, -0.2) is 4.39 Å². The summed E-state index contributed by atoms with van der Waals surface area (Å²) in [6, 6.07) is 8.40. The molecule has 2 radical (unpaired) electrons. The van der Waals surface area contributed by atoms with E-state index in [2.05, 4.69) is 36.1 Å². The lowest BCUT2D eigenvalue weighted by molar-refractivity contribution is -0.102. The summed E-state index contributed by atoms with van der Waals surface area (Å²) in [7, 11) is 8.11. The van der Waals surface area contributed by atoms with Crippen LogP contribution in [-0.4, -0.2) is 78.8 Å². The molecule has 0 fully saturated rings. The highest BCUT2D eigenvalue weighted by molar-refractivity contribution is 6.15. The molecule has 6 N–H and O–H groups in total. The molecule has 1 amide bonds. The van der Waals surface area contributed by atoms with Crippen molar-refractivity contribution in [2.24, 2.45) is 7.05 Å². The van der Waals surface area contributed by atoms with Gasteiger partial charge in [-0.05, 0) is 39.0 Å². The lowest BCUT2D eigenvalue weighted by atomic mass is 10.0. The molecule has 0 bridgehead atoms. The zero-order chi connectivity index (χ0) is 31.5. The largest absolute Gasteiger partial charge is 0.494 e. The molecule has 43 heavy (non-hydrogen) atoms. The Hall–Kier alpha value is -4.87. The topological polar surface area (TPSA) is 202 Å². The van der Waals surface area contributed by atoms with Crippen molar-refractivity contribution in [1.29, 1.82) is 0 Å². The van der Waals surface area contributed by atoms with Crippen LogP contribution in [0.3, 0.4) is 0 Å². The van der Waals surface area contributed by atoms with Crippen LogP contribution in [0.5, 0.6) is 11.6 Å². The number of ether oxygens (including phenoxy) is 2. The Morgan fingerprint density at radius 2 is 1.74 bits per heavy atom. The molecule has 0 unspecified atom stereocenters. The van der Waals surface area contributed by atoms with Crippen LogP contribution in [0.4, 0.5) is 27.4 Å². The van der Waals surface area contributed by atoms with E-state index in [9.17, 15) is 20.1 Å². The van der Waals surface area contributed by atoms with Gasteiger partial charge in [0.05, 0.1) is 36.5 Å². The average Bonchev–Trinajstić information content (AvgIpc) is 3.31. The number of halogens is 1. The lowest BCUT2D eigenvalue weighted by Gasteiger charge is -2.20. The highest BCUT2D eigenvalue weighted by Crippen LogP contribution is 2.40. The molecular weight excluding hydrogens is 564 g/mol. The van der Waals surface area contributed by atoms with Crippen LogP contribution in [0.25, 0.3) is 11.3 Å². The number of nitrogens with zero attached hydrogens (tertiary/aromatic N) is 6. The SMILES string of the molecule is [B]C(O)(O)NC(=O)c1nnc(Nc2ccc(OCC)nn2)cc1Nc1cc(F)cc(-c2cc(C(C)(C)O)n(C)n2)c1OC. The van der Waals surface area contributed by atoms with Gasteiger partial charge in [-0.3, -0.25) is 9.48 Å². The van der Waals surface area contributed by atoms with Gasteiger partial charge in [0.1, 0.15) is 11.4 Å². The van der Waals surface area contributed by atoms with E-state index in [-0.39, 0.29) is 34.3 Å². The fourth-order valence-electron chi connectivity index (χ4n) is 4.10. The molecule has 0 atom stereocenters. The molecule has 0 aliphatic carbocycles. The molecule has 3 aromatic heterocycles. The van der Waals surface area contributed by atoms with Gasteiger partial charge in [0, 0.05) is 30.8 Å². The van der Waals surface area contributed by atoms with Crippen molar-refractivity contribution >= 4 is 36.8 Å². The van der Waals surface area contributed by atoms with E-state index in [0.717, 1.165) is 6.07 Å². The Labute approximate surface area is 246 Å². The molecule has 4 rings (SSSR count). The van der Waals surface area contributed by atoms with Crippen molar-refractivity contribution in [3.05, 3.63) is 53.6 Å². The molecule has 4 aromatic rings. The molecule has 0 aliphatic heterocycles. The third kappa shape index (κ3) is 7.51. The van der Waals surface area contributed by atoms with E-state index < -0.39 is 28.8 Å².